The number of H-pyrrole nitrogens is 1. The van der Waals surface area contributed by atoms with Crippen LogP contribution in [0.3, 0.4) is 0 Å². The van der Waals surface area contributed by atoms with Crippen LogP contribution < -0.4 is 15.4 Å². The van der Waals surface area contributed by atoms with Gasteiger partial charge >= 0.3 is 13.0 Å². The Morgan fingerprint density at radius 3 is 2.66 bits per heavy atom. The first-order chi connectivity index (χ1) is 27.1. The average Bonchev–Trinajstić information content (AvgIpc) is 3.88. The predicted octanol–water partition coefficient (Wildman–Crippen LogP) is 7.58. The molecule has 3 aliphatic rings. The summed E-state index contributed by atoms with van der Waals surface area (Å²) in [4.78, 5) is 39.7. The molecule has 11 nitrogen and oxygen atoms in total. The number of aryl methyl sites for hydroxylation is 2. The van der Waals surface area contributed by atoms with Gasteiger partial charge in [-0.25, -0.2) is 14.8 Å². The van der Waals surface area contributed by atoms with Crippen LogP contribution in [0.2, 0.25) is 0 Å². The quantitative estimate of drug-likeness (QED) is 0.0949. The molecule has 0 fully saturated rings. The molecule has 0 radical (unpaired) electrons. The summed E-state index contributed by atoms with van der Waals surface area (Å²) in [6, 6.07) is 18.6. The van der Waals surface area contributed by atoms with Gasteiger partial charge in [-0.1, -0.05) is 30.3 Å². The first-order valence-electron chi connectivity index (χ1n) is 19.0. The summed E-state index contributed by atoms with van der Waals surface area (Å²) >= 11 is 0. The molecule has 0 saturated heterocycles. The molecule has 56 heavy (non-hydrogen) atoms. The number of halogens is 2. The number of ether oxygens (including phenoxy) is 1. The average molecular weight is 757 g/mol. The van der Waals surface area contributed by atoms with Crippen molar-refractivity contribution in [2.75, 3.05) is 31.6 Å². The van der Waals surface area contributed by atoms with Crippen molar-refractivity contribution in [1.29, 1.82) is 0 Å². The third-order valence-corrected chi connectivity index (χ3v) is 10.7. The Labute approximate surface area is 323 Å². The van der Waals surface area contributed by atoms with Gasteiger partial charge in [0.25, 0.3) is 0 Å². The number of aromatic nitrogens is 4. The number of anilines is 1. The Morgan fingerprint density at radius 2 is 1.84 bits per heavy atom. The van der Waals surface area contributed by atoms with Crippen LogP contribution in [0, 0.1) is 6.92 Å². The van der Waals surface area contributed by atoms with E-state index in [0.717, 1.165) is 53.5 Å². The number of nitrogens with one attached hydrogen (secondary N) is 3. The number of carbonyl (C=O) groups excluding carboxylic acids is 2. The van der Waals surface area contributed by atoms with Crippen LogP contribution in [-0.4, -0.2) is 79.7 Å². The topological polar surface area (TPSA) is 120 Å². The van der Waals surface area contributed by atoms with Gasteiger partial charge in [0.2, 0.25) is 5.91 Å². The Bertz CT molecular complexity index is 2500. The second-order valence-corrected chi connectivity index (χ2v) is 14.5. The molecule has 3 amide bonds. The summed E-state index contributed by atoms with van der Waals surface area (Å²) in [5.74, 6) is 0.486. The number of amides is 3. The van der Waals surface area contributed by atoms with Gasteiger partial charge < -0.3 is 42.9 Å². The van der Waals surface area contributed by atoms with E-state index in [1.54, 1.807) is 42.4 Å². The van der Waals surface area contributed by atoms with Crippen LogP contribution >= 0.6 is 0 Å². The van der Waals surface area contributed by atoms with Crippen molar-refractivity contribution in [2.45, 2.75) is 46.5 Å². The number of nitrogens with zero attached hydrogens (tertiary/aromatic N) is 5. The summed E-state index contributed by atoms with van der Waals surface area (Å²) in [5, 5.41) is 6.96. The maximum Gasteiger partial charge on any atom is 0.737 e. The SMILES string of the molecule is CC1=CC(C)=[N+]2C1=Cc1ccc(CCC(=O)NCCCOc3cccc(-c4cccc(NC(=O)N5CC=C(c6ncnc7[nH]cc(C)c67)CC5)c4)c3)n1[B-]2(F)F. The standard InChI is InChI=1S/C42H43BF2N8O3/c1-27-21-29(3)52-37(27)24-35-12-11-34(53(35)43(52,44)45)13-14-38(54)46-17-6-20-56-36-10-5-8-32(23-36)31-7-4-9-33(22-31)50-42(55)51-18-15-30(16-19-51)40-39-28(2)25-47-41(39)49-26-48-40/h4-5,7-12,15,21-26H,6,13-14,16-20H2,1-3H3,(H,46,54)(H,50,55)(H,47,48,49). The number of hydrogen-bond acceptors (Lipinski definition) is 5. The molecule has 0 bridgehead atoms. The van der Waals surface area contributed by atoms with E-state index in [4.69, 9.17) is 4.74 Å². The molecule has 0 saturated carbocycles. The second kappa shape index (κ2) is 15.1. The summed E-state index contributed by atoms with van der Waals surface area (Å²) in [7, 11) is 0. The van der Waals surface area contributed by atoms with Crippen molar-refractivity contribution in [1.82, 2.24) is 29.6 Å². The molecule has 0 aliphatic carbocycles. The van der Waals surface area contributed by atoms with Gasteiger partial charge in [-0.3, -0.25) is 4.79 Å². The minimum atomic E-state index is -4.05. The zero-order valence-corrected chi connectivity index (χ0v) is 31.6. The number of rotatable bonds is 11. The minimum absolute atomic E-state index is 0.103. The van der Waals surface area contributed by atoms with E-state index in [2.05, 4.69) is 31.7 Å². The molecule has 0 spiro atoms. The predicted molar refractivity (Wildman–Crippen MR) is 216 cm³/mol. The zero-order chi connectivity index (χ0) is 39.0. The Balaban J connectivity index is 0.797. The molecular weight excluding hydrogens is 713 g/mol. The lowest BCUT2D eigenvalue weighted by Gasteiger charge is -2.31. The van der Waals surface area contributed by atoms with Crippen LogP contribution in [0.25, 0.3) is 33.8 Å². The first-order valence-corrected chi connectivity index (χ1v) is 19.0. The highest BCUT2D eigenvalue weighted by molar-refractivity contribution is 6.58. The largest absolute Gasteiger partial charge is 0.737 e. The van der Waals surface area contributed by atoms with Gasteiger partial charge in [0, 0.05) is 73.7 Å². The lowest BCUT2D eigenvalue weighted by atomic mass is 9.89. The molecule has 3 aromatic heterocycles. The minimum Gasteiger partial charge on any atom is -0.494 e. The molecule has 3 N–H and O–H groups in total. The monoisotopic (exact) mass is 756 g/mol. The maximum absolute atomic E-state index is 15.7. The first kappa shape index (κ1) is 36.7. The van der Waals surface area contributed by atoms with E-state index < -0.39 is 6.97 Å². The molecule has 2 aromatic carbocycles. The van der Waals surface area contributed by atoms with Crippen LogP contribution in [0.1, 0.15) is 55.8 Å². The molecule has 8 rings (SSSR count). The number of carbonyl (C=O) groups is 2. The lowest BCUT2D eigenvalue weighted by Crippen LogP contribution is -2.50. The molecule has 5 aromatic rings. The van der Waals surface area contributed by atoms with Crippen molar-refractivity contribution in [3.8, 4) is 16.9 Å². The number of hydrogen-bond donors (Lipinski definition) is 3. The van der Waals surface area contributed by atoms with E-state index in [1.807, 2.05) is 68.6 Å². The zero-order valence-electron chi connectivity index (χ0n) is 31.6. The Hall–Kier alpha value is -6.31. The maximum atomic E-state index is 15.7. The van der Waals surface area contributed by atoms with Crippen molar-refractivity contribution < 1.29 is 27.4 Å². The van der Waals surface area contributed by atoms with Crippen LogP contribution in [0.15, 0.2) is 96.6 Å². The number of fused-ring (bicyclic) bond motifs is 3. The van der Waals surface area contributed by atoms with Crippen LogP contribution in [0.5, 0.6) is 5.75 Å². The smallest absolute Gasteiger partial charge is 0.494 e. The van der Waals surface area contributed by atoms with Gasteiger partial charge in [0.1, 0.15) is 23.4 Å². The molecule has 14 heteroatoms. The highest BCUT2D eigenvalue weighted by atomic mass is 19.2. The fourth-order valence-corrected chi connectivity index (χ4v) is 7.89. The number of aromatic amines is 1. The van der Waals surface area contributed by atoms with Gasteiger partial charge in [-0.15, -0.1) is 0 Å². The van der Waals surface area contributed by atoms with Crippen LogP contribution in [0.4, 0.5) is 19.1 Å². The Kier molecular flexibility index (Phi) is 9.87. The molecule has 3 aliphatic heterocycles. The normalized spacial score (nSPS) is 15.9. The van der Waals surface area contributed by atoms with Crippen molar-refractivity contribution in [3.63, 3.8) is 0 Å². The van der Waals surface area contributed by atoms with E-state index in [1.165, 1.54) is 0 Å². The van der Waals surface area contributed by atoms with E-state index >= 15 is 8.63 Å². The van der Waals surface area contributed by atoms with Gasteiger partial charge in [0.05, 0.1) is 12.3 Å². The number of urea groups is 1. The van der Waals surface area contributed by atoms with Crippen LogP contribution in [-0.2, 0) is 11.2 Å². The lowest BCUT2D eigenvalue weighted by molar-refractivity contribution is -0.362. The fourth-order valence-electron chi connectivity index (χ4n) is 7.89. The van der Waals surface area contributed by atoms with Gasteiger partial charge in [0.15, 0.2) is 5.70 Å². The third-order valence-electron chi connectivity index (χ3n) is 10.7. The van der Waals surface area contributed by atoms with E-state index in [9.17, 15) is 9.59 Å². The van der Waals surface area contributed by atoms with Crippen molar-refractivity contribution in [2.24, 2.45) is 0 Å². The Morgan fingerprint density at radius 1 is 1.02 bits per heavy atom. The number of allylic oxidation sites excluding steroid dienone is 2. The van der Waals surface area contributed by atoms with E-state index in [0.29, 0.717) is 73.3 Å². The van der Waals surface area contributed by atoms with Gasteiger partial charge in [-0.05, 0) is 97.5 Å². The second-order valence-electron chi connectivity index (χ2n) is 14.5. The summed E-state index contributed by atoms with van der Waals surface area (Å²) < 4.78 is 39.6. The molecule has 0 atom stereocenters. The summed E-state index contributed by atoms with van der Waals surface area (Å²) in [6.07, 6.45) is 10.7. The summed E-state index contributed by atoms with van der Waals surface area (Å²) in [6.45, 7) is 3.35. The number of benzene rings is 2. The highest BCUT2D eigenvalue weighted by Crippen LogP contribution is 2.36. The van der Waals surface area contributed by atoms with Crippen molar-refractivity contribution in [3.05, 3.63) is 119 Å². The summed E-state index contributed by atoms with van der Waals surface area (Å²) in [5.41, 5.74) is 9.23. The fraction of sp³-hybridized carbons (Fsp3) is 0.262. The molecule has 6 heterocycles. The molecular formula is C42H43BF2N8O3. The van der Waals surface area contributed by atoms with Crippen molar-refractivity contribution >= 4 is 53.0 Å². The third kappa shape index (κ3) is 7.14. The molecule has 0 unspecified atom stereocenters. The van der Waals surface area contributed by atoms with Gasteiger partial charge in [-0.2, -0.15) is 0 Å². The molecule has 286 valence electrons. The van der Waals surface area contributed by atoms with E-state index in [-0.39, 0.29) is 24.8 Å². The highest BCUT2D eigenvalue weighted by Gasteiger charge is 2.52.